The SMILES string of the molecule is Cc1cccn2c(CC(=O)Nc3nc(C(F)(F)F)co3)cnc12.O=CO. The maximum atomic E-state index is 12.4. The van der Waals surface area contributed by atoms with Crippen LogP contribution in [-0.4, -0.2) is 31.9 Å². The highest BCUT2D eigenvalue weighted by Gasteiger charge is 2.35. The minimum atomic E-state index is -4.62. The van der Waals surface area contributed by atoms with E-state index >= 15 is 0 Å². The number of pyridine rings is 1. The number of aromatic nitrogens is 3. The van der Waals surface area contributed by atoms with Gasteiger partial charge in [0.25, 0.3) is 6.47 Å². The Morgan fingerprint density at radius 2 is 2.15 bits per heavy atom. The van der Waals surface area contributed by atoms with E-state index in [-0.39, 0.29) is 12.9 Å². The monoisotopic (exact) mass is 370 g/mol. The minimum Gasteiger partial charge on any atom is -0.483 e. The number of hydrogen-bond donors (Lipinski definition) is 2. The van der Waals surface area contributed by atoms with E-state index in [0.717, 1.165) is 5.56 Å². The Bertz CT molecular complexity index is 917. The number of halogens is 3. The molecule has 0 fully saturated rings. The topological polar surface area (TPSA) is 110 Å². The van der Waals surface area contributed by atoms with E-state index in [0.29, 0.717) is 17.6 Å². The van der Waals surface area contributed by atoms with Gasteiger partial charge in [0, 0.05) is 12.4 Å². The number of carbonyl (C=O) groups excluding carboxylic acids is 1. The number of oxazole rings is 1. The molecule has 0 saturated heterocycles. The number of rotatable bonds is 3. The maximum absolute atomic E-state index is 12.4. The van der Waals surface area contributed by atoms with Crippen LogP contribution in [0.1, 0.15) is 17.0 Å². The Kier molecular flexibility index (Phi) is 5.60. The van der Waals surface area contributed by atoms with Gasteiger partial charge >= 0.3 is 12.2 Å². The van der Waals surface area contributed by atoms with Gasteiger partial charge in [0.05, 0.1) is 12.1 Å². The number of carbonyl (C=O) groups is 2. The van der Waals surface area contributed by atoms with Crippen molar-refractivity contribution in [3.8, 4) is 0 Å². The normalized spacial score (nSPS) is 10.9. The third kappa shape index (κ3) is 4.37. The van der Waals surface area contributed by atoms with Gasteiger partial charge in [-0.05, 0) is 18.6 Å². The summed E-state index contributed by atoms with van der Waals surface area (Å²) in [6.45, 7) is 1.64. The van der Waals surface area contributed by atoms with Crippen LogP contribution in [0.4, 0.5) is 19.2 Å². The van der Waals surface area contributed by atoms with Crippen molar-refractivity contribution in [2.45, 2.75) is 19.5 Å². The molecule has 0 aliphatic carbocycles. The lowest BCUT2D eigenvalue weighted by Gasteiger charge is -2.03. The Labute approximate surface area is 144 Å². The van der Waals surface area contributed by atoms with Crippen molar-refractivity contribution >= 4 is 24.0 Å². The lowest BCUT2D eigenvalue weighted by atomic mass is 10.3. The molecule has 0 aliphatic heterocycles. The summed E-state index contributed by atoms with van der Waals surface area (Å²) >= 11 is 0. The summed E-state index contributed by atoms with van der Waals surface area (Å²) in [5.41, 5.74) is 1.06. The van der Waals surface area contributed by atoms with E-state index in [1.807, 2.05) is 19.1 Å². The molecule has 26 heavy (non-hydrogen) atoms. The second kappa shape index (κ2) is 7.68. The number of alkyl halides is 3. The Balaban J connectivity index is 0.000000758. The Hall–Kier alpha value is -3.37. The first-order valence-corrected chi connectivity index (χ1v) is 7.08. The van der Waals surface area contributed by atoms with Crippen LogP contribution in [0, 0.1) is 6.92 Å². The maximum Gasteiger partial charge on any atom is 0.436 e. The van der Waals surface area contributed by atoms with Crippen molar-refractivity contribution in [1.29, 1.82) is 0 Å². The van der Waals surface area contributed by atoms with Gasteiger partial charge in [-0.1, -0.05) is 6.07 Å². The highest BCUT2D eigenvalue weighted by atomic mass is 19.4. The molecule has 138 valence electrons. The standard InChI is InChI=1S/C14H11F3N4O2.CH2O2/c1-8-3-2-4-21-9(6-18-12(8)21)5-11(22)20-13-19-10(7-23-13)14(15,16)17;2-1-3/h2-4,6-7H,5H2,1H3,(H,19,20,22);1H,(H,2,3). The van der Waals surface area contributed by atoms with Gasteiger partial charge in [0.2, 0.25) is 5.91 Å². The van der Waals surface area contributed by atoms with Crippen LogP contribution in [0.5, 0.6) is 0 Å². The summed E-state index contributed by atoms with van der Waals surface area (Å²) < 4.78 is 43.6. The van der Waals surface area contributed by atoms with Gasteiger partial charge in [0.15, 0.2) is 5.69 Å². The molecular weight excluding hydrogens is 357 g/mol. The molecular formula is C15H13F3N4O4. The fraction of sp³-hybridized carbons (Fsp3) is 0.200. The van der Waals surface area contributed by atoms with Crippen molar-refractivity contribution in [3.05, 3.63) is 47.7 Å². The summed E-state index contributed by atoms with van der Waals surface area (Å²) in [5, 5.41) is 9.08. The Morgan fingerprint density at radius 3 is 2.77 bits per heavy atom. The highest BCUT2D eigenvalue weighted by molar-refractivity contribution is 5.90. The van der Waals surface area contributed by atoms with Crippen LogP contribution in [0.25, 0.3) is 5.65 Å². The smallest absolute Gasteiger partial charge is 0.436 e. The summed E-state index contributed by atoms with van der Waals surface area (Å²) in [6.07, 6.45) is -0.948. The number of anilines is 1. The van der Waals surface area contributed by atoms with Crippen LogP contribution in [0.2, 0.25) is 0 Å². The number of carboxylic acid groups (broad SMARTS) is 1. The van der Waals surface area contributed by atoms with Crippen LogP contribution < -0.4 is 5.32 Å². The number of nitrogens with one attached hydrogen (secondary N) is 1. The van der Waals surface area contributed by atoms with Crippen LogP contribution in [-0.2, 0) is 22.2 Å². The van der Waals surface area contributed by atoms with Gasteiger partial charge in [-0.25, -0.2) is 4.98 Å². The predicted octanol–water partition coefficient (Wildman–Crippen LogP) is 2.53. The molecule has 3 heterocycles. The first-order chi connectivity index (χ1) is 12.3. The second-order valence-corrected chi connectivity index (χ2v) is 5.00. The van der Waals surface area contributed by atoms with E-state index < -0.39 is 23.8 Å². The van der Waals surface area contributed by atoms with Crippen molar-refractivity contribution in [3.63, 3.8) is 0 Å². The van der Waals surface area contributed by atoms with Crippen LogP contribution in [0.15, 0.2) is 35.2 Å². The van der Waals surface area contributed by atoms with Gasteiger partial charge in [-0.2, -0.15) is 18.2 Å². The molecule has 3 aromatic heterocycles. The molecule has 0 bridgehead atoms. The summed E-state index contributed by atoms with van der Waals surface area (Å²) in [6, 6.07) is 3.21. The van der Waals surface area contributed by atoms with Crippen molar-refractivity contribution in [2.75, 3.05) is 5.32 Å². The molecule has 0 aromatic carbocycles. The first kappa shape index (κ1) is 19.0. The largest absolute Gasteiger partial charge is 0.483 e. The fourth-order valence-electron chi connectivity index (χ4n) is 2.12. The zero-order chi connectivity index (χ0) is 19.3. The molecule has 3 aromatic rings. The second-order valence-electron chi connectivity index (χ2n) is 5.00. The predicted molar refractivity (Wildman–Crippen MR) is 82.5 cm³/mol. The minimum absolute atomic E-state index is 0.0750. The lowest BCUT2D eigenvalue weighted by molar-refractivity contribution is -0.141. The third-order valence-corrected chi connectivity index (χ3v) is 3.19. The molecule has 2 N–H and O–H groups in total. The molecule has 1 amide bonds. The molecule has 0 atom stereocenters. The van der Waals surface area contributed by atoms with Crippen molar-refractivity contribution in [2.24, 2.45) is 0 Å². The van der Waals surface area contributed by atoms with E-state index in [2.05, 4.69) is 19.7 Å². The first-order valence-electron chi connectivity index (χ1n) is 7.08. The molecule has 8 nitrogen and oxygen atoms in total. The molecule has 11 heteroatoms. The molecule has 0 radical (unpaired) electrons. The van der Waals surface area contributed by atoms with Crippen LogP contribution >= 0.6 is 0 Å². The van der Waals surface area contributed by atoms with Gasteiger partial charge < -0.3 is 13.9 Å². The fourth-order valence-corrected chi connectivity index (χ4v) is 2.12. The number of amides is 1. The van der Waals surface area contributed by atoms with E-state index in [1.165, 1.54) is 0 Å². The van der Waals surface area contributed by atoms with E-state index in [1.54, 1.807) is 16.8 Å². The highest BCUT2D eigenvalue weighted by Crippen LogP contribution is 2.29. The van der Waals surface area contributed by atoms with E-state index in [9.17, 15) is 18.0 Å². The molecule has 3 rings (SSSR count). The lowest BCUT2D eigenvalue weighted by Crippen LogP contribution is -2.16. The molecule has 0 saturated carbocycles. The number of aryl methyl sites for hydroxylation is 1. The zero-order valence-corrected chi connectivity index (χ0v) is 13.3. The molecule has 0 aliphatic rings. The van der Waals surface area contributed by atoms with Gasteiger partial charge in [-0.3, -0.25) is 14.9 Å². The molecule has 0 unspecified atom stereocenters. The van der Waals surface area contributed by atoms with E-state index in [4.69, 9.17) is 9.90 Å². The van der Waals surface area contributed by atoms with Gasteiger partial charge in [-0.15, -0.1) is 0 Å². The van der Waals surface area contributed by atoms with Gasteiger partial charge in [0.1, 0.15) is 11.9 Å². The molecule has 0 spiro atoms. The average molecular weight is 370 g/mol. The quantitative estimate of drug-likeness (QED) is 0.686. The number of fused-ring (bicyclic) bond motifs is 1. The Morgan fingerprint density at radius 1 is 1.46 bits per heavy atom. The number of hydrogen-bond acceptors (Lipinski definition) is 5. The summed E-state index contributed by atoms with van der Waals surface area (Å²) in [7, 11) is 0. The average Bonchev–Trinajstić information content (AvgIpc) is 3.16. The summed E-state index contributed by atoms with van der Waals surface area (Å²) in [5.74, 6) is -0.552. The zero-order valence-electron chi connectivity index (χ0n) is 13.3. The summed E-state index contributed by atoms with van der Waals surface area (Å²) in [4.78, 5) is 27.7. The number of nitrogens with zero attached hydrogens (tertiary/aromatic N) is 3. The van der Waals surface area contributed by atoms with Crippen molar-refractivity contribution < 1.29 is 32.3 Å². The third-order valence-electron chi connectivity index (χ3n) is 3.19. The van der Waals surface area contributed by atoms with Crippen LogP contribution in [0.3, 0.4) is 0 Å². The number of imidazole rings is 1. The van der Waals surface area contributed by atoms with Crippen molar-refractivity contribution in [1.82, 2.24) is 14.4 Å².